The van der Waals surface area contributed by atoms with Gasteiger partial charge < -0.3 is 15.0 Å². The van der Waals surface area contributed by atoms with Crippen LogP contribution in [0.3, 0.4) is 0 Å². The van der Waals surface area contributed by atoms with Crippen LogP contribution in [0.25, 0.3) is 0 Å². The van der Waals surface area contributed by atoms with Gasteiger partial charge in [-0.3, -0.25) is 9.69 Å². The van der Waals surface area contributed by atoms with Crippen molar-refractivity contribution < 1.29 is 9.53 Å². The number of likely N-dealkylation sites (tertiary alicyclic amines) is 1. The number of carbonyl (C=O) groups excluding carboxylic acids is 1. The largest absolute Gasteiger partial charge is 0.379 e. The molecule has 2 saturated heterocycles. The monoisotopic (exact) mass is 359 g/mol. The fourth-order valence-corrected chi connectivity index (χ4v) is 4.19. The van der Waals surface area contributed by atoms with E-state index in [1.807, 2.05) is 18.0 Å². The van der Waals surface area contributed by atoms with E-state index >= 15 is 0 Å². The molecule has 1 amide bonds. The Morgan fingerprint density at radius 2 is 2.04 bits per heavy atom. The van der Waals surface area contributed by atoms with E-state index < -0.39 is 0 Å². The van der Waals surface area contributed by atoms with Crippen molar-refractivity contribution in [2.45, 2.75) is 44.7 Å². The van der Waals surface area contributed by atoms with E-state index in [-0.39, 0.29) is 11.9 Å². The molecule has 1 atom stereocenters. The summed E-state index contributed by atoms with van der Waals surface area (Å²) in [4.78, 5) is 26.6. The van der Waals surface area contributed by atoms with Gasteiger partial charge in [-0.15, -0.1) is 0 Å². The van der Waals surface area contributed by atoms with Gasteiger partial charge in [0.25, 0.3) is 0 Å². The van der Waals surface area contributed by atoms with Crippen LogP contribution < -0.4 is 5.32 Å². The molecule has 4 heterocycles. The molecule has 2 fully saturated rings. The summed E-state index contributed by atoms with van der Waals surface area (Å²) < 4.78 is 5.39. The Morgan fingerprint density at radius 3 is 2.81 bits per heavy atom. The van der Waals surface area contributed by atoms with E-state index in [0.717, 1.165) is 77.6 Å². The summed E-state index contributed by atoms with van der Waals surface area (Å²) in [6.07, 6.45) is 4.89. The van der Waals surface area contributed by atoms with Crippen LogP contribution in [0.2, 0.25) is 0 Å². The second kappa shape index (κ2) is 7.98. The molecule has 7 nitrogen and oxygen atoms in total. The number of amides is 1. The van der Waals surface area contributed by atoms with Gasteiger partial charge in [0, 0.05) is 69.1 Å². The van der Waals surface area contributed by atoms with E-state index in [1.54, 1.807) is 0 Å². The van der Waals surface area contributed by atoms with Crippen LogP contribution in [0, 0.1) is 0 Å². The van der Waals surface area contributed by atoms with Gasteiger partial charge in [-0.2, -0.15) is 0 Å². The lowest BCUT2D eigenvalue weighted by Gasteiger charge is -2.37. The molecule has 0 radical (unpaired) electrons. The third kappa shape index (κ3) is 3.75. The van der Waals surface area contributed by atoms with Gasteiger partial charge in [0.1, 0.15) is 5.82 Å². The summed E-state index contributed by atoms with van der Waals surface area (Å²) in [6.45, 7) is 8.66. The van der Waals surface area contributed by atoms with Crippen molar-refractivity contribution in [2.75, 3.05) is 45.9 Å². The molecule has 1 aromatic heterocycles. The van der Waals surface area contributed by atoms with Crippen LogP contribution in [-0.2, 0) is 22.5 Å². The van der Waals surface area contributed by atoms with Gasteiger partial charge >= 0.3 is 0 Å². The van der Waals surface area contributed by atoms with Crippen molar-refractivity contribution in [2.24, 2.45) is 0 Å². The molecular formula is C19H29N5O2. The smallest absolute Gasteiger partial charge is 0.239 e. The highest BCUT2D eigenvalue weighted by atomic mass is 16.5. The van der Waals surface area contributed by atoms with E-state index in [9.17, 15) is 4.79 Å². The van der Waals surface area contributed by atoms with E-state index in [2.05, 4.69) is 15.2 Å². The minimum Gasteiger partial charge on any atom is -0.379 e. The first-order valence-corrected chi connectivity index (χ1v) is 9.88. The van der Waals surface area contributed by atoms with Gasteiger partial charge in [-0.25, -0.2) is 9.97 Å². The molecule has 3 aliphatic heterocycles. The third-order valence-corrected chi connectivity index (χ3v) is 5.95. The Kier molecular flexibility index (Phi) is 5.47. The first kappa shape index (κ1) is 17.8. The number of piperidine rings is 1. The molecule has 1 N–H and O–H groups in total. The maximum Gasteiger partial charge on any atom is 0.239 e. The lowest BCUT2D eigenvalue weighted by atomic mass is 9.95. The number of carbonyl (C=O) groups is 1. The number of rotatable bonds is 3. The molecule has 26 heavy (non-hydrogen) atoms. The number of hydrogen-bond donors (Lipinski definition) is 1. The fourth-order valence-electron chi connectivity index (χ4n) is 4.19. The van der Waals surface area contributed by atoms with Crippen LogP contribution in [0.5, 0.6) is 0 Å². The average Bonchev–Trinajstić information content (AvgIpc) is 2.73. The highest BCUT2D eigenvalue weighted by Crippen LogP contribution is 2.27. The Balaban J connectivity index is 1.34. The number of nitrogens with zero attached hydrogens (tertiary/aromatic N) is 4. The molecule has 3 aliphatic rings. The molecule has 142 valence electrons. The number of fused-ring (bicyclic) bond motifs is 1. The molecule has 0 unspecified atom stereocenters. The Bertz CT molecular complexity index is 639. The van der Waals surface area contributed by atoms with Crippen molar-refractivity contribution in [1.29, 1.82) is 0 Å². The quantitative estimate of drug-likeness (QED) is 0.850. The second-order valence-corrected chi connectivity index (χ2v) is 7.55. The van der Waals surface area contributed by atoms with E-state index in [0.29, 0.717) is 5.92 Å². The van der Waals surface area contributed by atoms with Crippen molar-refractivity contribution >= 4 is 5.91 Å². The number of morpholine rings is 1. The molecule has 0 aromatic carbocycles. The molecular weight excluding hydrogens is 330 g/mol. The van der Waals surface area contributed by atoms with Crippen molar-refractivity contribution in [3.8, 4) is 0 Å². The molecule has 0 bridgehead atoms. The standard InChI is InChI=1S/C19H29N5O2/c1-14(23-8-10-26-11-9-23)19(25)24-6-3-15(4-7-24)18-21-13-16-12-20-5-2-17(16)22-18/h13-15,20H,2-12H2,1H3/t14-/m0/s1. The minimum atomic E-state index is -0.0528. The number of ether oxygens (including phenoxy) is 1. The normalized spacial score (nSPS) is 23.5. The highest BCUT2D eigenvalue weighted by molar-refractivity contribution is 5.81. The maximum absolute atomic E-state index is 12.8. The molecule has 0 spiro atoms. The lowest BCUT2D eigenvalue weighted by Crippen LogP contribution is -2.52. The molecule has 4 rings (SSSR count). The average molecular weight is 359 g/mol. The third-order valence-electron chi connectivity index (χ3n) is 5.95. The van der Waals surface area contributed by atoms with Crippen molar-refractivity contribution in [3.05, 3.63) is 23.3 Å². The predicted octanol–water partition coefficient (Wildman–Crippen LogP) is 0.549. The van der Waals surface area contributed by atoms with Gasteiger partial charge in [0.15, 0.2) is 0 Å². The maximum atomic E-state index is 12.8. The number of aromatic nitrogens is 2. The SMILES string of the molecule is C[C@@H](C(=O)N1CCC(c2ncc3c(n2)CCNC3)CC1)N1CCOCC1. The topological polar surface area (TPSA) is 70.6 Å². The first-order chi connectivity index (χ1) is 12.7. The summed E-state index contributed by atoms with van der Waals surface area (Å²) in [5.41, 5.74) is 2.43. The molecule has 7 heteroatoms. The summed E-state index contributed by atoms with van der Waals surface area (Å²) in [7, 11) is 0. The number of nitrogens with one attached hydrogen (secondary N) is 1. The van der Waals surface area contributed by atoms with E-state index in [1.165, 1.54) is 11.3 Å². The van der Waals surface area contributed by atoms with Crippen molar-refractivity contribution in [1.82, 2.24) is 25.1 Å². The lowest BCUT2D eigenvalue weighted by molar-refractivity contribution is -0.139. The van der Waals surface area contributed by atoms with Crippen LogP contribution in [0.1, 0.15) is 42.8 Å². The van der Waals surface area contributed by atoms with Crippen LogP contribution in [0.4, 0.5) is 0 Å². The minimum absolute atomic E-state index is 0.0528. The second-order valence-electron chi connectivity index (χ2n) is 7.55. The zero-order valence-electron chi connectivity index (χ0n) is 15.6. The first-order valence-electron chi connectivity index (χ1n) is 9.88. The van der Waals surface area contributed by atoms with Gasteiger partial charge in [-0.1, -0.05) is 0 Å². The van der Waals surface area contributed by atoms with Gasteiger partial charge in [0.2, 0.25) is 5.91 Å². The summed E-state index contributed by atoms with van der Waals surface area (Å²) in [5.74, 6) is 1.60. The van der Waals surface area contributed by atoms with Crippen LogP contribution >= 0.6 is 0 Å². The Hall–Kier alpha value is -1.57. The zero-order valence-corrected chi connectivity index (χ0v) is 15.6. The molecule has 0 saturated carbocycles. The molecule has 0 aliphatic carbocycles. The fraction of sp³-hybridized carbons (Fsp3) is 0.737. The molecule has 1 aromatic rings. The van der Waals surface area contributed by atoms with E-state index in [4.69, 9.17) is 9.72 Å². The van der Waals surface area contributed by atoms with Crippen LogP contribution in [-0.4, -0.2) is 77.7 Å². The Labute approximate surface area is 155 Å². The Morgan fingerprint density at radius 1 is 1.27 bits per heavy atom. The highest BCUT2D eigenvalue weighted by Gasteiger charge is 2.31. The zero-order chi connectivity index (χ0) is 17.9. The van der Waals surface area contributed by atoms with Gasteiger partial charge in [0.05, 0.1) is 19.3 Å². The van der Waals surface area contributed by atoms with Gasteiger partial charge in [-0.05, 0) is 19.8 Å². The van der Waals surface area contributed by atoms with Crippen LogP contribution in [0.15, 0.2) is 6.20 Å². The summed E-state index contributed by atoms with van der Waals surface area (Å²) in [6, 6.07) is -0.0528. The number of hydrogen-bond acceptors (Lipinski definition) is 6. The van der Waals surface area contributed by atoms with Crippen molar-refractivity contribution in [3.63, 3.8) is 0 Å². The summed E-state index contributed by atoms with van der Waals surface area (Å²) in [5, 5.41) is 3.36. The predicted molar refractivity (Wildman–Crippen MR) is 97.9 cm³/mol. The summed E-state index contributed by atoms with van der Waals surface area (Å²) >= 11 is 0.